The standard InChI is InChI=1S/C24H23F2N3O4S/c1-13-10-19(29-21(30)14-6-5-7-15(25)11-14)34-20(13)22(31)27-18-12-16(26)8-9-17(18)28-23(32)33-24(2,3)4/h5-12H,1-4H3,(H,27,31)(H,28,32)(H,29,30). The van der Waals surface area contributed by atoms with E-state index in [2.05, 4.69) is 16.0 Å². The molecule has 3 aromatic rings. The molecule has 0 aliphatic rings. The Kier molecular flexibility index (Phi) is 7.31. The fourth-order valence-electron chi connectivity index (χ4n) is 2.90. The first-order valence-corrected chi connectivity index (χ1v) is 11.0. The number of hydrogen-bond donors (Lipinski definition) is 3. The summed E-state index contributed by atoms with van der Waals surface area (Å²) in [5.74, 6) is -2.25. The van der Waals surface area contributed by atoms with E-state index in [1.165, 1.54) is 24.3 Å². The van der Waals surface area contributed by atoms with E-state index in [4.69, 9.17) is 4.74 Å². The molecule has 0 saturated carbocycles. The van der Waals surface area contributed by atoms with Crippen LogP contribution in [0.3, 0.4) is 0 Å². The Labute approximate surface area is 199 Å². The zero-order valence-corrected chi connectivity index (χ0v) is 19.7. The molecule has 0 bridgehead atoms. The number of nitrogens with one attached hydrogen (secondary N) is 3. The normalized spacial score (nSPS) is 11.0. The Bertz CT molecular complexity index is 1250. The Morgan fingerprint density at radius 3 is 2.24 bits per heavy atom. The van der Waals surface area contributed by atoms with Gasteiger partial charge >= 0.3 is 6.09 Å². The number of halogens is 2. The first-order valence-electron chi connectivity index (χ1n) is 10.2. The lowest BCUT2D eigenvalue weighted by Crippen LogP contribution is -2.27. The Morgan fingerprint density at radius 2 is 1.56 bits per heavy atom. The van der Waals surface area contributed by atoms with E-state index >= 15 is 0 Å². The smallest absolute Gasteiger partial charge is 0.412 e. The van der Waals surface area contributed by atoms with E-state index in [1.807, 2.05) is 0 Å². The van der Waals surface area contributed by atoms with Crippen LogP contribution in [0, 0.1) is 18.6 Å². The van der Waals surface area contributed by atoms with E-state index in [9.17, 15) is 23.2 Å². The van der Waals surface area contributed by atoms with Gasteiger partial charge in [0.1, 0.15) is 17.2 Å². The summed E-state index contributed by atoms with van der Waals surface area (Å²) in [7, 11) is 0. The topological polar surface area (TPSA) is 96.5 Å². The van der Waals surface area contributed by atoms with Gasteiger partial charge in [0.2, 0.25) is 0 Å². The molecule has 3 amide bonds. The summed E-state index contributed by atoms with van der Waals surface area (Å²) < 4.78 is 32.4. The van der Waals surface area contributed by atoms with Gasteiger partial charge in [-0.25, -0.2) is 13.6 Å². The minimum atomic E-state index is -0.760. The van der Waals surface area contributed by atoms with Crippen LogP contribution in [-0.4, -0.2) is 23.5 Å². The number of amides is 3. The highest BCUT2D eigenvalue weighted by Crippen LogP contribution is 2.30. The van der Waals surface area contributed by atoms with E-state index in [-0.39, 0.29) is 21.8 Å². The number of hydrogen-bond acceptors (Lipinski definition) is 5. The molecule has 0 spiro atoms. The summed E-state index contributed by atoms with van der Waals surface area (Å²) in [5, 5.41) is 8.09. The van der Waals surface area contributed by atoms with Gasteiger partial charge in [0.25, 0.3) is 11.8 Å². The van der Waals surface area contributed by atoms with Gasteiger partial charge in [0.05, 0.1) is 21.3 Å². The minimum Gasteiger partial charge on any atom is -0.444 e. The number of ether oxygens (including phenoxy) is 1. The second kappa shape index (κ2) is 10.0. The first-order chi connectivity index (χ1) is 15.9. The van der Waals surface area contributed by atoms with Crippen LogP contribution in [0.4, 0.5) is 30.0 Å². The molecule has 2 aromatic carbocycles. The van der Waals surface area contributed by atoms with Crippen molar-refractivity contribution in [2.45, 2.75) is 33.3 Å². The van der Waals surface area contributed by atoms with Crippen LogP contribution in [0.5, 0.6) is 0 Å². The molecule has 0 saturated heterocycles. The molecular weight excluding hydrogens is 464 g/mol. The molecule has 3 rings (SSSR count). The zero-order chi connectivity index (χ0) is 25.0. The SMILES string of the molecule is Cc1cc(NC(=O)c2cccc(F)c2)sc1C(=O)Nc1cc(F)ccc1NC(=O)OC(C)(C)C. The largest absolute Gasteiger partial charge is 0.444 e. The lowest BCUT2D eigenvalue weighted by Gasteiger charge is -2.20. The van der Waals surface area contributed by atoms with Gasteiger partial charge in [0.15, 0.2) is 0 Å². The Hall–Kier alpha value is -3.79. The van der Waals surface area contributed by atoms with Gasteiger partial charge in [-0.3, -0.25) is 14.9 Å². The van der Waals surface area contributed by atoms with Crippen LogP contribution in [0.25, 0.3) is 0 Å². The van der Waals surface area contributed by atoms with Gasteiger partial charge in [-0.05, 0) is 75.7 Å². The van der Waals surface area contributed by atoms with Crippen LogP contribution in [0.15, 0.2) is 48.5 Å². The number of carbonyl (C=O) groups excluding carboxylic acids is 3. The second-order valence-electron chi connectivity index (χ2n) is 8.36. The molecule has 7 nitrogen and oxygen atoms in total. The fourth-order valence-corrected chi connectivity index (χ4v) is 3.87. The molecule has 0 unspecified atom stereocenters. The quantitative estimate of drug-likeness (QED) is 0.400. The third kappa shape index (κ3) is 6.61. The average molecular weight is 488 g/mol. The van der Waals surface area contributed by atoms with Crippen molar-refractivity contribution in [3.8, 4) is 0 Å². The van der Waals surface area contributed by atoms with Crippen molar-refractivity contribution >= 4 is 45.6 Å². The van der Waals surface area contributed by atoms with Crippen LogP contribution in [0.2, 0.25) is 0 Å². The van der Waals surface area contributed by atoms with Gasteiger partial charge in [-0.2, -0.15) is 0 Å². The van der Waals surface area contributed by atoms with E-state index < -0.39 is 35.1 Å². The monoisotopic (exact) mass is 487 g/mol. The van der Waals surface area contributed by atoms with Crippen molar-refractivity contribution in [3.05, 3.63) is 76.2 Å². The maximum Gasteiger partial charge on any atom is 0.412 e. The third-order valence-corrected chi connectivity index (χ3v) is 5.46. The summed E-state index contributed by atoms with van der Waals surface area (Å²) in [4.78, 5) is 37.6. The van der Waals surface area contributed by atoms with Crippen molar-refractivity contribution in [1.82, 2.24) is 0 Å². The van der Waals surface area contributed by atoms with Crippen LogP contribution in [0.1, 0.15) is 46.4 Å². The molecule has 0 aliphatic heterocycles. The highest BCUT2D eigenvalue weighted by atomic mass is 32.1. The number of benzene rings is 2. The Balaban J connectivity index is 1.76. The maximum absolute atomic E-state index is 13.9. The van der Waals surface area contributed by atoms with Crippen LogP contribution < -0.4 is 16.0 Å². The predicted molar refractivity (Wildman–Crippen MR) is 128 cm³/mol. The summed E-state index contributed by atoms with van der Waals surface area (Å²) >= 11 is 1.00. The summed E-state index contributed by atoms with van der Waals surface area (Å²) in [6.45, 7) is 6.77. The number of carbonyl (C=O) groups is 3. The van der Waals surface area contributed by atoms with Crippen LogP contribution >= 0.6 is 11.3 Å². The molecular formula is C24H23F2N3O4S. The van der Waals surface area contributed by atoms with Gasteiger partial charge in [-0.1, -0.05) is 6.07 Å². The lowest BCUT2D eigenvalue weighted by molar-refractivity contribution is 0.0635. The number of rotatable bonds is 5. The summed E-state index contributed by atoms with van der Waals surface area (Å²) in [6, 6.07) is 10.3. The van der Waals surface area contributed by atoms with E-state index in [0.717, 1.165) is 29.5 Å². The van der Waals surface area contributed by atoms with Crippen molar-refractivity contribution < 1.29 is 27.9 Å². The highest BCUT2D eigenvalue weighted by molar-refractivity contribution is 7.18. The summed E-state index contributed by atoms with van der Waals surface area (Å²) in [5.41, 5.74) is 0.144. The number of anilines is 3. The van der Waals surface area contributed by atoms with E-state index in [0.29, 0.717) is 10.6 Å². The molecule has 0 fully saturated rings. The number of aryl methyl sites for hydroxylation is 1. The number of thiophene rings is 1. The third-order valence-electron chi connectivity index (χ3n) is 4.31. The lowest BCUT2D eigenvalue weighted by atomic mass is 10.2. The minimum absolute atomic E-state index is 0.0361. The molecule has 0 radical (unpaired) electrons. The first kappa shape index (κ1) is 24.8. The Morgan fingerprint density at radius 1 is 0.853 bits per heavy atom. The molecule has 10 heteroatoms. The maximum atomic E-state index is 13.9. The van der Waals surface area contributed by atoms with Crippen LogP contribution in [-0.2, 0) is 4.74 Å². The molecule has 178 valence electrons. The zero-order valence-electron chi connectivity index (χ0n) is 18.9. The molecule has 0 atom stereocenters. The molecule has 0 aliphatic carbocycles. The van der Waals surface area contributed by atoms with Gasteiger partial charge < -0.3 is 15.4 Å². The van der Waals surface area contributed by atoms with Crippen molar-refractivity contribution in [2.75, 3.05) is 16.0 Å². The molecule has 34 heavy (non-hydrogen) atoms. The van der Waals surface area contributed by atoms with Crippen molar-refractivity contribution in [2.24, 2.45) is 0 Å². The predicted octanol–water partition coefficient (Wildman–Crippen LogP) is 6.19. The molecule has 1 aromatic heterocycles. The van der Waals surface area contributed by atoms with E-state index in [1.54, 1.807) is 33.8 Å². The summed E-state index contributed by atoms with van der Waals surface area (Å²) in [6.07, 6.45) is -0.760. The van der Waals surface area contributed by atoms with Gasteiger partial charge in [0, 0.05) is 5.56 Å². The molecule has 1 heterocycles. The highest BCUT2D eigenvalue weighted by Gasteiger charge is 2.20. The van der Waals surface area contributed by atoms with Crippen molar-refractivity contribution in [3.63, 3.8) is 0 Å². The van der Waals surface area contributed by atoms with Crippen molar-refractivity contribution in [1.29, 1.82) is 0 Å². The fraction of sp³-hybridized carbons (Fsp3) is 0.208. The second-order valence-corrected chi connectivity index (χ2v) is 9.41. The van der Waals surface area contributed by atoms with Gasteiger partial charge in [-0.15, -0.1) is 11.3 Å². The average Bonchev–Trinajstić information content (AvgIpc) is 3.08. The molecule has 3 N–H and O–H groups in total.